The van der Waals surface area contributed by atoms with Crippen LogP contribution in [0.1, 0.15) is 29.1 Å². The van der Waals surface area contributed by atoms with Crippen molar-refractivity contribution in [3.05, 3.63) is 72.3 Å². The van der Waals surface area contributed by atoms with Gasteiger partial charge in [0, 0.05) is 23.6 Å². The van der Waals surface area contributed by atoms with E-state index in [1.807, 2.05) is 66.4 Å². The van der Waals surface area contributed by atoms with Gasteiger partial charge >= 0.3 is 0 Å². The fourth-order valence-corrected chi connectivity index (χ4v) is 3.49. The summed E-state index contributed by atoms with van der Waals surface area (Å²) in [6.07, 6.45) is 5.62. The molecule has 1 atom stereocenters. The number of nitrogens with zero attached hydrogens (tertiary/aromatic N) is 3. The third-order valence-electron chi connectivity index (χ3n) is 4.34. The first-order chi connectivity index (χ1) is 13.2. The van der Waals surface area contributed by atoms with Gasteiger partial charge in [-0.2, -0.15) is 0 Å². The van der Waals surface area contributed by atoms with Crippen LogP contribution in [0, 0.1) is 0 Å². The molecule has 0 fully saturated rings. The third-order valence-corrected chi connectivity index (χ3v) is 5.01. The molecule has 0 radical (unpaired) electrons. The van der Waals surface area contributed by atoms with Crippen molar-refractivity contribution in [1.29, 1.82) is 0 Å². The zero-order chi connectivity index (χ0) is 18.8. The Morgan fingerprint density at radius 1 is 1.22 bits per heavy atom. The standard InChI is InChI=1S/C20H19N5OS/c1-13(18-23-16-8-3-4-9-17(16)24-18)22-19(26)14-6-5-7-15(12-14)25-11-10-21-20(25)27-2/h3-13H,1-2H3,(H,22,26)(H,23,24). The highest BCUT2D eigenvalue weighted by Gasteiger charge is 2.15. The van der Waals surface area contributed by atoms with E-state index in [1.54, 1.807) is 24.0 Å². The largest absolute Gasteiger partial charge is 0.342 e. The van der Waals surface area contributed by atoms with Crippen LogP contribution in [0.5, 0.6) is 0 Å². The molecule has 27 heavy (non-hydrogen) atoms. The Kier molecular flexibility index (Phi) is 4.68. The molecule has 0 bridgehead atoms. The highest BCUT2D eigenvalue weighted by molar-refractivity contribution is 7.98. The number of hydrogen-bond acceptors (Lipinski definition) is 4. The van der Waals surface area contributed by atoms with E-state index < -0.39 is 0 Å². The van der Waals surface area contributed by atoms with Crippen LogP contribution in [0.4, 0.5) is 0 Å². The molecule has 0 saturated heterocycles. The summed E-state index contributed by atoms with van der Waals surface area (Å²) in [7, 11) is 0. The maximum atomic E-state index is 12.7. The third kappa shape index (κ3) is 3.46. The number of carbonyl (C=O) groups excluding carboxylic acids is 1. The van der Waals surface area contributed by atoms with Gasteiger partial charge in [-0.05, 0) is 43.5 Å². The molecule has 4 aromatic rings. The topological polar surface area (TPSA) is 75.6 Å². The molecule has 1 amide bonds. The maximum absolute atomic E-state index is 12.7. The number of thioether (sulfide) groups is 1. The molecule has 0 saturated carbocycles. The molecular formula is C20H19N5OS. The molecule has 2 aromatic heterocycles. The molecule has 2 heterocycles. The van der Waals surface area contributed by atoms with E-state index in [2.05, 4.69) is 20.3 Å². The van der Waals surface area contributed by atoms with E-state index in [1.165, 1.54) is 0 Å². The smallest absolute Gasteiger partial charge is 0.251 e. The van der Waals surface area contributed by atoms with Crippen molar-refractivity contribution in [2.75, 3.05) is 6.26 Å². The molecule has 0 aliphatic rings. The Bertz CT molecular complexity index is 1070. The second kappa shape index (κ2) is 7.28. The number of nitrogens with one attached hydrogen (secondary N) is 2. The Hall–Kier alpha value is -3.06. The number of benzene rings is 2. The van der Waals surface area contributed by atoms with Crippen LogP contribution >= 0.6 is 11.8 Å². The molecule has 0 aliphatic heterocycles. The predicted octanol–water partition coefficient (Wildman–Crippen LogP) is 3.96. The summed E-state index contributed by atoms with van der Waals surface area (Å²) >= 11 is 1.56. The normalized spacial score (nSPS) is 12.2. The van der Waals surface area contributed by atoms with Gasteiger partial charge in [0.25, 0.3) is 5.91 Å². The minimum atomic E-state index is -0.233. The van der Waals surface area contributed by atoms with Crippen molar-refractivity contribution in [2.45, 2.75) is 18.1 Å². The number of aromatic amines is 1. The molecule has 0 spiro atoms. The van der Waals surface area contributed by atoms with Gasteiger partial charge in [-0.3, -0.25) is 9.36 Å². The van der Waals surface area contributed by atoms with E-state index in [0.29, 0.717) is 5.56 Å². The average molecular weight is 377 g/mol. The number of carbonyl (C=O) groups is 1. The lowest BCUT2D eigenvalue weighted by Crippen LogP contribution is -2.27. The van der Waals surface area contributed by atoms with Gasteiger partial charge in [-0.15, -0.1) is 0 Å². The highest BCUT2D eigenvalue weighted by Crippen LogP contribution is 2.20. The van der Waals surface area contributed by atoms with Crippen LogP contribution in [0.3, 0.4) is 0 Å². The quantitative estimate of drug-likeness (QED) is 0.516. The van der Waals surface area contributed by atoms with Crippen LogP contribution in [0.15, 0.2) is 66.1 Å². The fourth-order valence-electron chi connectivity index (χ4n) is 2.96. The van der Waals surface area contributed by atoms with Gasteiger partial charge < -0.3 is 10.3 Å². The molecule has 7 heteroatoms. The Morgan fingerprint density at radius 3 is 2.89 bits per heavy atom. The number of rotatable bonds is 5. The van der Waals surface area contributed by atoms with Crippen molar-refractivity contribution in [1.82, 2.24) is 24.8 Å². The molecule has 2 N–H and O–H groups in total. The lowest BCUT2D eigenvalue weighted by molar-refractivity contribution is 0.0938. The van der Waals surface area contributed by atoms with Gasteiger partial charge in [0.15, 0.2) is 5.16 Å². The monoisotopic (exact) mass is 377 g/mol. The first-order valence-electron chi connectivity index (χ1n) is 8.59. The van der Waals surface area contributed by atoms with Gasteiger partial charge in [0.2, 0.25) is 0 Å². The number of para-hydroxylation sites is 2. The highest BCUT2D eigenvalue weighted by atomic mass is 32.2. The van der Waals surface area contributed by atoms with Crippen molar-refractivity contribution >= 4 is 28.7 Å². The minimum absolute atomic E-state index is 0.143. The van der Waals surface area contributed by atoms with Crippen molar-refractivity contribution in [2.24, 2.45) is 0 Å². The van der Waals surface area contributed by atoms with Gasteiger partial charge in [0.05, 0.1) is 17.1 Å². The van der Waals surface area contributed by atoms with Crippen molar-refractivity contribution in [3.63, 3.8) is 0 Å². The molecule has 2 aromatic carbocycles. The summed E-state index contributed by atoms with van der Waals surface area (Å²) in [5.74, 6) is 0.593. The lowest BCUT2D eigenvalue weighted by atomic mass is 10.1. The summed E-state index contributed by atoms with van der Waals surface area (Å²) in [6.45, 7) is 1.92. The first-order valence-corrected chi connectivity index (χ1v) is 9.81. The number of hydrogen-bond donors (Lipinski definition) is 2. The second-order valence-electron chi connectivity index (χ2n) is 6.17. The van der Waals surface area contributed by atoms with Crippen LogP contribution in [-0.4, -0.2) is 31.7 Å². The summed E-state index contributed by atoms with van der Waals surface area (Å²) in [6, 6.07) is 15.1. The number of amides is 1. The number of imidazole rings is 2. The zero-order valence-corrected chi connectivity index (χ0v) is 15.8. The van der Waals surface area contributed by atoms with Crippen LogP contribution in [0.25, 0.3) is 16.7 Å². The lowest BCUT2D eigenvalue weighted by Gasteiger charge is -2.13. The molecular weight excluding hydrogens is 358 g/mol. The van der Waals surface area contributed by atoms with Crippen LogP contribution in [0.2, 0.25) is 0 Å². The number of H-pyrrole nitrogens is 1. The predicted molar refractivity (Wildman–Crippen MR) is 107 cm³/mol. The summed E-state index contributed by atoms with van der Waals surface area (Å²) in [5.41, 5.74) is 3.35. The Morgan fingerprint density at radius 2 is 2.07 bits per heavy atom. The van der Waals surface area contributed by atoms with E-state index in [0.717, 1.165) is 27.7 Å². The van der Waals surface area contributed by atoms with E-state index in [9.17, 15) is 4.79 Å². The van der Waals surface area contributed by atoms with Gasteiger partial charge in [-0.1, -0.05) is 30.0 Å². The fraction of sp³-hybridized carbons (Fsp3) is 0.150. The second-order valence-corrected chi connectivity index (χ2v) is 6.94. The number of aromatic nitrogens is 4. The summed E-state index contributed by atoms with van der Waals surface area (Å²) < 4.78 is 1.96. The van der Waals surface area contributed by atoms with Crippen molar-refractivity contribution < 1.29 is 4.79 Å². The van der Waals surface area contributed by atoms with E-state index >= 15 is 0 Å². The van der Waals surface area contributed by atoms with E-state index in [-0.39, 0.29) is 11.9 Å². The Labute approximate surface area is 161 Å². The average Bonchev–Trinajstić information content (AvgIpc) is 3.34. The molecule has 0 aliphatic carbocycles. The molecule has 6 nitrogen and oxygen atoms in total. The zero-order valence-electron chi connectivity index (χ0n) is 15.0. The number of fused-ring (bicyclic) bond motifs is 1. The van der Waals surface area contributed by atoms with Crippen LogP contribution in [-0.2, 0) is 0 Å². The maximum Gasteiger partial charge on any atom is 0.251 e. The van der Waals surface area contributed by atoms with Crippen LogP contribution < -0.4 is 5.32 Å². The molecule has 136 valence electrons. The molecule has 4 rings (SSSR count). The first kappa shape index (κ1) is 17.4. The SMILES string of the molecule is CSc1nccn1-c1cccc(C(=O)NC(C)c2nc3ccccc3[nH]2)c1. The summed E-state index contributed by atoms with van der Waals surface area (Å²) in [4.78, 5) is 24.9. The van der Waals surface area contributed by atoms with Crippen molar-refractivity contribution in [3.8, 4) is 5.69 Å². The van der Waals surface area contributed by atoms with E-state index in [4.69, 9.17) is 0 Å². The summed E-state index contributed by atoms with van der Waals surface area (Å²) in [5, 5.41) is 3.89. The van der Waals surface area contributed by atoms with Gasteiger partial charge in [-0.25, -0.2) is 9.97 Å². The molecule has 1 unspecified atom stereocenters. The Balaban J connectivity index is 1.55. The minimum Gasteiger partial charge on any atom is -0.342 e. The van der Waals surface area contributed by atoms with Gasteiger partial charge in [0.1, 0.15) is 5.82 Å².